The van der Waals surface area contributed by atoms with Crippen LogP contribution in [-0.2, 0) is 16.6 Å². The lowest BCUT2D eigenvalue weighted by Gasteiger charge is -2.12. The fourth-order valence-corrected chi connectivity index (χ4v) is 2.27. The van der Waals surface area contributed by atoms with E-state index in [0.29, 0.717) is 0 Å². The Morgan fingerprint density at radius 1 is 1.69 bits per heavy atom. The molecule has 0 spiro atoms. The number of pyridine rings is 1. The quantitative estimate of drug-likeness (QED) is 0.737. The zero-order valence-electron chi connectivity index (χ0n) is 8.75. The molecule has 0 saturated carbocycles. The maximum absolute atomic E-state index is 11.6. The van der Waals surface area contributed by atoms with Crippen LogP contribution in [0.4, 0.5) is 0 Å². The van der Waals surface area contributed by atoms with Crippen molar-refractivity contribution in [3.8, 4) is 0 Å². The molecule has 7 heteroatoms. The van der Waals surface area contributed by atoms with E-state index in [9.17, 15) is 8.42 Å². The van der Waals surface area contributed by atoms with Crippen molar-refractivity contribution in [1.82, 2.24) is 9.71 Å². The van der Waals surface area contributed by atoms with Crippen LogP contribution in [0.3, 0.4) is 0 Å². The van der Waals surface area contributed by atoms with E-state index in [2.05, 4.69) is 21.9 Å². The topological polar surface area (TPSA) is 85.1 Å². The first-order valence-electron chi connectivity index (χ1n) is 4.60. The summed E-state index contributed by atoms with van der Waals surface area (Å²) in [6, 6.07) is 3.52. The molecular weight excluding hydrogens is 246 g/mol. The Kier molecular flexibility index (Phi) is 4.34. The second-order valence-electron chi connectivity index (χ2n) is 3.27. The van der Waals surface area contributed by atoms with Crippen molar-refractivity contribution in [2.75, 3.05) is 0 Å². The maximum Gasteiger partial charge on any atom is 0.221 e. The maximum atomic E-state index is 11.6. The first-order valence-corrected chi connectivity index (χ1v) is 6.55. The van der Waals surface area contributed by atoms with Crippen molar-refractivity contribution >= 4 is 27.2 Å². The molecule has 0 saturated heterocycles. The molecule has 0 aliphatic rings. The summed E-state index contributed by atoms with van der Waals surface area (Å²) in [6.07, 6.45) is 3.21. The number of hydrogen-bond donors (Lipinski definition) is 2. The molecular formula is C9H13N3O2S2. The van der Waals surface area contributed by atoms with Crippen LogP contribution in [0.5, 0.6) is 0 Å². The second kappa shape index (κ2) is 5.33. The van der Waals surface area contributed by atoms with E-state index in [4.69, 9.17) is 5.73 Å². The molecule has 0 aromatic carbocycles. The largest absolute Gasteiger partial charge is 0.392 e. The van der Waals surface area contributed by atoms with Crippen LogP contribution < -0.4 is 10.5 Å². The third kappa shape index (κ3) is 3.51. The summed E-state index contributed by atoms with van der Waals surface area (Å²) in [5.41, 5.74) is 6.07. The summed E-state index contributed by atoms with van der Waals surface area (Å²) in [6.45, 7) is 1.64. The summed E-state index contributed by atoms with van der Waals surface area (Å²) >= 11 is 4.64. The predicted octanol–water partition coefficient (Wildman–Crippen LogP) is 0.176. The summed E-state index contributed by atoms with van der Waals surface area (Å²) in [7, 11) is -3.50. The number of nitrogens with two attached hydrogens (primary N) is 1. The highest BCUT2D eigenvalue weighted by Crippen LogP contribution is 2.01. The van der Waals surface area contributed by atoms with Gasteiger partial charge >= 0.3 is 0 Å². The minimum absolute atomic E-state index is 0.0429. The monoisotopic (exact) mass is 259 g/mol. The molecule has 0 aliphatic heterocycles. The van der Waals surface area contributed by atoms with Crippen LogP contribution in [0.25, 0.3) is 0 Å². The number of hydrogen-bond acceptors (Lipinski definition) is 4. The summed E-state index contributed by atoms with van der Waals surface area (Å²) in [5.74, 6) is 0. The molecule has 1 aromatic heterocycles. The molecule has 0 bridgehead atoms. The molecule has 1 aromatic rings. The Morgan fingerprint density at radius 2 is 2.38 bits per heavy atom. The smallest absolute Gasteiger partial charge is 0.221 e. The number of aromatic nitrogens is 1. The van der Waals surface area contributed by atoms with Gasteiger partial charge in [0.05, 0.1) is 4.99 Å². The van der Waals surface area contributed by atoms with Gasteiger partial charge in [0.1, 0.15) is 5.25 Å². The molecule has 1 unspecified atom stereocenters. The molecule has 1 atom stereocenters. The predicted molar refractivity (Wildman–Crippen MR) is 66.2 cm³/mol. The van der Waals surface area contributed by atoms with Crippen LogP contribution in [-0.4, -0.2) is 23.6 Å². The number of nitrogens with zero attached hydrogens (tertiary/aromatic N) is 1. The molecule has 0 amide bonds. The van der Waals surface area contributed by atoms with Gasteiger partial charge in [-0.15, -0.1) is 0 Å². The van der Waals surface area contributed by atoms with Gasteiger partial charge in [-0.1, -0.05) is 18.3 Å². The van der Waals surface area contributed by atoms with Gasteiger partial charge in [-0.2, -0.15) is 0 Å². The SMILES string of the molecule is CC(C(N)=S)S(=O)(=O)NCc1cccnc1. The number of nitrogens with one attached hydrogen (secondary N) is 1. The molecule has 16 heavy (non-hydrogen) atoms. The molecule has 0 radical (unpaired) electrons. The van der Waals surface area contributed by atoms with Crippen LogP contribution >= 0.6 is 12.2 Å². The Hall–Kier alpha value is -1.05. The first kappa shape index (κ1) is 13.0. The Morgan fingerprint density at radius 3 is 2.88 bits per heavy atom. The van der Waals surface area contributed by atoms with Gasteiger partial charge in [-0.05, 0) is 18.6 Å². The number of thiocarbonyl (C=S) groups is 1. The Labute approximate surface area is 100 Å². The van der Waals surface area contributed by atoms with Gasteiger partial charge in [0.15, 0.2) is 0 Å². The molecule has 0 aliphatic carbocycles. The van der Waals surface area contributed by atoms with E-state index in [0.717, 1.165) is 5.56 Å². The third-order valence-corrected chi connectivity index (χ3v) is 4.30. The van der Waals surface area contributed by atoms with Gasteiger partial charge in [0.2, 0.25) is 10.0 Å². The average Bonchev–Trinajstić information content (AvgIpc) is 2.27. The average molecular weight is 259 g/mol. The number of sulfonamides is 1. The zero-order chi connectivity index (χ0) is 12.2. The standard InChI is InChI=1S/C9H13N3O2S2/c1-7(9(10)15)16(13,14)12-6-8-3-2-4-11-5-8/h2-5,7,12H,6H2,1H3,(H2,10,15). The number of rotatable bonds is 5. The second-order valence-corrected chi connectivity index (χ2v) is 5.83. The van der Waals surface area contributed by atoms with E-state index in [1.807, 2.05) is 0 Å². The Bertz CT molecular complexity index is 459. The van der Waals surface area contributed by atoms with Crippen molar-refractivity contribution in [3.05, 3.63) is 30.1 Å². The zero-order valence-corrected chi connectivity index (χ0v) is 10.4. The molecule has 1 heterocycles. The van der Waals surface area contributed by atoms with Crippen molar-refractivity contribution in [2.45, 2.75) is 18.7 Å². The van der Waals surface area contributed by atoms with Gasteiger partial charge < -0.3 is 5.73 Å². The van der Waals surface area contributed by atoms with Gasteiger partial charge in [0, 0.05) is 18.9 Å². The molecule has 88 valence electrons. The highest BCUT2D eigenvalue weighted by Gasteiger charge is 2.22. The molecule has 5 nitrogen and oxygen atoms in total. The molecule has 3 N–H and O–H groups in total. The minimum Gasteiger partial charge on any atom is -0.392 e. The van der Waals surface area contributed by atoms with E-state index in [1.165, 1.54) is 6.92 Å². The van der Waals surface area contributed by atoms with Crippen LogP contribution in [0.2, 0.25) is 0 Å². The van der Waals surface area contributed by atoms with Gasteiger partial charge in [-0.25, -0.2) is 13.1 Å². The first-order chi connectivity index (χ1) is 7.43. The third-order valence-electron chi connectivity index (χ3n) is 2.07. The Balaban J connectivity index is 2.65. The minimum atomic E-state index is -3.50. The lowest BCUT2D eigenvalue weighted by atomic mass is 10.3. The normalized spacial score (nSPS) is 13.3. The lowest BCUT2D eigenvalue weighted by Crippen LogP contribution is -2.39. The van der Waals surface area contributed by atoms with Gasteiger partial charge in [-0.3, -0.25) is 4.98 Å². The summed E-state index contributed by atoms with van der Waals surface area (Å²) in [4.78, 5) is 3.84. The highest BCUT2D eigenvalue weighted by atomic mass is 32.2. The van der Waals surface area contributed by atoms with Crippen molar-refractivity contribution in [3.63, 3.8) is 0 Å². The lowest BCUT2D eigenvalue weighted by molar-refractivity contribution is 0.578. The molecule has 0 fully saturated rings. The van der Waals surface area contributed by atoms with E-state index in [-0.39, 0.29) is 11.5 Å². The van der Waals surface area contributed by atoms with Crippen LogP contribution in [0, 0.1) is 0 Å². The van der Waals surface area contributed by atoms with Crippen LogP contribution in [0.15, 0.2) is 24.5 Å². The highest BCUT2D eigenvalue weighted by molar-refractivity contribution is 7.93. The van der Waals surface area contributed by atoms with E-state index >= 15 is 0 Å². The van der Waals surface area contributed by atoms with E-state index in [1.54, 1.807) is 24.5 Å². The van der Waals surface area contributed by atoms with Crippen molar-refractivity contribution in [2.24, 2.45) is 5.73 Å². The fourth-order valence-electron chi connectivity index (χ4n) is 0.965. The van der Waals surface area contributed by atoms with Gasteiger partial charge in [0.25, 0.3) is 0 Å². The summed E-state index contributed by atoms with van der Waals surface area (Å²) < 4.78 is 25.7. The van der Waals surface area contributed by atoms with Crippen LogP contribution in [0.1, 0.15) is 12.5 Å². The molecule has 1 rings (SSSR count). The van der Waals surface area contributed by atoms with Crippen molar-refractivity contribution < 1.29 is 8.42 Å². The summed E-state index contributed by atoms with van der Waals surface area (Å²) in [5, 5.41) is -0.876. The van der Waals surface area contributed by atoms with Crippen molar-refractivity contribution in [1.29, 1.82) is 0 Å². The fraction of sp³-hybridized carbons (Fsp3) is 0.333. The van der Waals surface area contributed by atoms with E-state index < -0.39 is 15.3 Å².